The minimum atomic E-state index is -0.530. The van der Waals surface area contributed by atoms with Crippen LogP contribution in [-0.4, -0.2) is 115 Å². The van der Waals surface area contributed by atoms with Crippen LogP contribution in [0, 0.1) is 17.8 Å². The molecule has 0 radical (unpaired) electrons. The third-order valence-corrected chi connectivity index (χ3v) is 9.02. The number of allylic oxidation sites excluding steroid dienone is 3. The summed E-state index contributed by atoms with van der Waals surface area (Å²) in [6.45, 7) is 16.9. The van der Waals surface area contributed by atoms with Gasteiger partial charge in [0.05, 0.1) is 42.7 Å². The van der Waals surface area contributed by atoms with Crippen LogP contribution in [0.4, 0.5) is 4.79 Å². The number of methoxy groups -OCH3 is 1. The van der Waals surface area contributed by atoms with Crippen molar-refractivity contribution >= 4 is 6.03 Å². The van der Waals surface area contributed by atoms with Crippen LogP contribution in [0.5, 0.6) is 0 Å². The maximum atomic E-state index is 12.7. The van der Waals surface area contributed by atoms with Gasteiger partial charge >= 0.3 is 6.03 Å². The topological polar surface area (TPSA) is 107 Å². The fraction of sp³-hybridized carbons (Fsp3) is 0.839. The number of urea groups is 1. The zero-order valence-electron chi connectivity index (χ0n) is 25.8. The van der Waals surface area contributed by atoms with Gasteiger partial charge in [-0.3, -0.25) is 4.90 Å². The number of rotatable bonds is 13. The van der Waals surface area contributed by atoms with E-state index in [4.69, 9.17) is 19.3 Å². The number of β-amino-alcohol motifs (C(OH)–C–C–N with tert-alkyl or cyclic N) is 1. The highest BCUT2D eigenvalue weighted by Gasteiger charge is 2.56. The minimum Gasteiger partial charge on any atom is -0.395 e. The first-order valence-corrected chi connectivity index (χ1v) is 15.2. The van der Waals surface area contributed by atoms with Crippen LogP contribution in [0.15, 0.2) is 23.8 Å². The van der Waals surface area contributed by atoms with Crippen molar-refractivity contribution in [1.82, 2.24) is 15.1 Å². The van der Waals surface area contributed by atoms with Gasteiger partial charge in [-0.2, -0.15) is 0 Å². The number of hydrogen-bond acceptors (Lipinski definition) is 7. The second kappa shape index (κ2) is 15.1. The molecule has 9 heteroatoms. The Labute approximate surface area is 241 Å². The first-order valence-electron chi connectivity index (χ1n) is 15.2. The maximum Gasteiger partial charge on any atom is 0.317 e. The molecule has 0 aliphatic carbocycles. The molecule has 0 saturated carbocycles. The molecule has 3 fully saturated rings. The van der Waals surface area contributed by atoms with Crippen LogP contribution in [0.25, 0.3) is 0 Å². The summed E-state index contributed by atoms with van der Waals surface area (Å²) in [7, 11) is 1.65. The average Bonchev–Trinajstić information content (AvgIpc) is 3.58. The van der Waals surface area contributed by atoms with E-state index in [0.717, 1.165) is 32.4 Å². The molecule has 230 valence electrons. The third kappa shape index (κ3) is 9.00. The largest absolute Gasteiger partial charge is 0.395 e. The normalized spacial score (nSPS) is 33.0. The number of amides is 2. The fourth-order valence-corrected chi connectivity index (χ4v) is 6.65. The number of aliphatic hydroxyl groups is 2. The summed E-state index contributed by atoms with van der Waals surface area (Å²) in [5.74, 6) is 0.896. The van der Waals surface area contributed by atoms with Gasteiger partial charge in [-0.15, -0.1) is 0 Å². The number of nitrogens with zero attached hydrogens (tertiary/aromatic N) is 2. The molecule has 3 heterocycles. The summed E-state index contributed by atoms with van der Waals surface area (Å²) in [6.07, 6.45) is 8.83. The summed E-state index contributed by atoms with van der Waals surface area (Å²) in [5.41, 5.74) is 1.01. The molecule has 40 heavy (non-hydrogen) atoms. The Morgan fingerprint density at radius 2 is 1.90 bits per heavy atom. The molecule has 0 aromatic carbocycles. The molecule has 3 aliphatic rings. The number of nitrogens with one attached hydrogen (secondary N) is 1. The molecule has 0 spiro atoms. The van der Waals surface area contributed by atoms with Gasteiger partial charge in [-0.25, -0.2) is 4.79 Å². The molecular formula is C31H55N3O6. The molecule has 9 atom stereocenters. The Morgan fingerprint density at radius 1 is 1.20 bits per heavy atom. The van der Waals surface area contributed by atoms with Crippen molar-refractivity contribution in [1.29, 1.82) is 0 Å². The Bertz CT molecular complexity index is 858. The van der Waals surface area contributed by atoms with E-state index in [2.05, 4.69) is 63.1 Å². The predicted octanol–water partition coefficient (Wildman–Crippen LogP) is 3.21. The smallest absolute Gasteiger partial charge is 0.317 e. The predicted molar refractivity (Wildman–Crippen MR) is 157 cm³/mol. The fourth-order valence-electron chi connectivity index (χ4n) is 6.65. The van der Waals surface area contributed by atoms with E-state index >= 15 is 0 Å². The van der Waals surface area contributed by atoms with Crippen molar-refractivity contribution < 1.29 is 29.2 Å². The van der Waals surface area contributed by atoms with Crippen molar-refractivity contribution in [2.24, 2.45) is 17.8 Å². The number of piperazine rings is 1. The molecule has 9 nitrogen and oxygen atoms in total. The van der Waals surface area contributed by atoms with E-state index in [1.807, 2.05) is 4.90 Å². The number of carbonyl (C=O) groups is 1. The Morgan fingerprint density at radius 3 is 2.52 bits per heavy atom. The summed E-state index contributed by atoms with van der Waals surface area (Å²) in [4.78, 5) is 16.7. The molecule has 3 aliphatic heterocycles. The van der Waals surface area contributed by atoms with Gasteiger partial charge in [0, 0.05) is 52.3 Å². The monoisotopic (exact) mass is 565 g/mol. The zero-order valence-corrected chi connectivity index (χ0v) is 25.8. The average molecular weight is 566 g/mol. The van der Waals surface area contributed by atoms with Crippen molar-refractivity contribution in [2.75, 3.05) is 53.0 Å². The highest BCUT2D eigenvalue weighted by atomic mass is 16.6. The van der Waals surface area contributed by atoms with E-state index in [1.54, 1.807) is 14.0 Å². The molecule has 3 saturated heterocycles. The lowest BCUT2D eigenvalue weighted by Gasteiger charge is -2.37. The molecule has 0 bridgehead atoms. The van der Waals surface area contributed by atoms with Crippen LogP contribution in [0.2, 0.25) is 0 Å². The molecule has 3 N–H and O–H groups in total. The van der Waals surface area contributed by atoms with Crippen molar-refractivity contribution in [3.8, 4) is 0 Å². The SMILES string of the molecule is CO[C@H]([C@@H](C)[C@H]1O[C@]1(C)C[C@H](C)/C=C/C=C(\C)[C@H]1O[C@@H](CNC(=O)N2CCN(CCO)CC2)CC[C@@H]1C)[C@@H](C)O. The lowest BCUT2D eigenvalue weighted by molar-refractivity contribution is -0.0570. The Hall–Kier alpha value is -1.49. The van der Waals surface area contributed by atoms with Crippen molar-refractivity contribution in [2.45, 2.75) is 96.9 Å². The highest BCUT2D eigenvalue weighted by molar-refractivity contribution is 5.74. The quantitative estimate of drug-likeness (QED) is 0.233. The first-order chi connectivity index (χ1) is 19.0. The van der Waals surface area contributed by atoms with Crippen molar-refractivity contribution in [3.05, 3.63) is 23.8 Å². The van der Waals surface area contributed by atoms with Gasteiger partial charge in [-0.1, -0.05) is 39.0 Å². The number of hydrogen-bond donors (Lipinski definition) is 3. The molecule has 3 rings (SSSR count). The summed E-state index contributed by atoms with van der Waals surface area (Å²) >= 11 is 0. The highest BCUT2D eigenvalue weighted by Crippen LogP contribution is 2.47. The lowest BCUT2D eigenvalue weighted by Crippen LogP contribution is -2.53. The maximum absolute atomic E-state index is 12.7. The molecule has 0 unspecified atom stereocenters. The summed E-state index contributed by atoms with van der Waals surface area (Å²) in [5, 5.41) is 22.2. The molecule has 0 aromatic heterocycles. The van der Waals surface area contributed by atoms with Crippen LogP contribution in [-0.2, 0) is 14.2 Å². The van der Waals surface area contributed by atoms with Crippen LogP contribution >= 0.6 is 0 Å². The lowest BCUT2D eigenvalue weighted by atomic mass is 9.85. The Kier molecular flexibility index (Phi) is 12.5. The van der Waals surface area contributed by atoms with Crippen molar-refractivity contribution in [3.63, 3.8) is 0 Å². The zero-order chi connectivity index (χ0) is 29.4. The van der Waals surface area contributed by atoms with Crippen LogP contribution in [0.1, 0.15) is 60.8 Å². The summed E-state index contributed by atoms with van der Waals surface area (Å²) < 4.78 is 18.1. The standard InChI is InChI=1S/C31H55N3O6/c1-21(19-31(6)29(40-31)24(4)28(38-7)25(5)36)9-8-10-22(2)27-23(3)11-12-26(39-27)20-32-30(37)34-15-13-33(14-16-34)17-18-35/h8-10,21,23-29,35-36H,11-20H2,1-7H3,(H,32,37)/b9-8+,22-10+/t21-,23+,24-,25-,26-,27-,28-,29-,31-/m1/s1. The van der Waals surface area contributed by atoms with E-state index < -0.39 is 6.10 Å². The second-order valence-corrected chi connectivity index (χ2v) is 12.6. The van der Waals surface area contributed by atoms with Gasteiger partial charge in [0.1, 0.15) is 0 Å². The molecule has 2 amide bonds. The van der Waals surface area contributed by atoms with Gasteiger partial charge in [-0.05, 0) is 57.4 Å². The van der Waals surface area contributed by atoms with Gasteiger partial charge in [0.25, 0.3) is 0 Å². The first kappa shape index (κ1) is 33.0. The number of aliphatic hydroxyl groups excluding tert-OH is 2. The van der Waals surface area contributed by atoms with E-state index in [-0.39, 0.29) is 48.6 Å². The van der Waals surface area contributed by atoms with E-state index in [0.29, 0.717) is 38.0 Å². The van der Waals surface area contributed by atoms with E-state index in [9.17, 15) is 9.90 Å². The molecular weight excluding hydrogens is 510 g/mol. The van der Waals surface area contributed by atoms with Gasteiger partial charge < -0.3 is 34.6 Å². The summed E-state index contributed by atoms with van der Waals surface area (Å²) in [6, 6.07) is -0.0276. The van der Waals surface area contributed by atoms with Gasteiger partial charge in [0.15, 0.2) is 0 Å². The van der Waals surface area contributed by atoms with Crippen LogP contribution < -0.4 is 5.32 Å². The molecule has 0 aromatic rings. The Balaban J connectivity index is 1.44. The minimum absolute atomic E-state index is 0.00975. The number of carbonyl (C=O) groups excluding carboxylic acids is 1. The van der Waals surface area contributed by atoms with E-state index in [1.165, 1.54) is 5.57 Å². The number of ether oxygens (including phenoxy) is 3. The van der Waals surface area contributed by atoms with Crippen LogP contribution in [0.3, 0.4) is 0 Å². The second-order valence-electron chi connectivity index (χ2n) is 12.6. The third-order valence-electron chi connectivity index (χ3n) is 9.02. The number of epoxide rings is 1. The van der Waals surface area contributed by atoms with Gasteiger partial charge in [0.2, 0.25) is 0 Å².